The Morgan fingerprint density at radius 3 is 2.82 bits per heavy atom. The van der Waals surface area contributed by atoms with E-state index < -0.39 is 5.63 Å². The van der Waals surface area contributed by atoms with Crippen LogP contribution >= 0.6 is 0 Å². The third-order valence-corrected chi connectivity index (χ3v) is 7.20. The van der Waals surface area contributed by atoms with E-state index >= 15 is 0 Å². The summed E-state index contributed by atoms with van der Waals surface area (Å²) in [5, 5.41) is 3.87. The van der Waals surface area contributed by atoms with Gasteiger partial charge in [0.2, 0.25) is 5.91 Å². The fourth-order valence-electron chi connectivity index (χ4n) is 5.36. The second kappa shape index (κ2) is 8.49. The Hall–Kier alpha value is -3.28. The molecule has 0 fully saturated rings. The van der Waals surface area contributed by atoms with Crippen LogP contribution in [0.5, 0.6) is 11.5 Å². The van der Waals surface area contributed by atoms with E-state index in [0.29, 0.717) is 22.6 Å². The minimum absolute atomic E-state index is 0.0349. The lowest BCUT2D eigenvalue weighted by atomic mass is 9.87. The van der Waals surface area contributed by atoms with Gasteiger partial charge in [0.05, 0.1) is 30.5 Å². The van der Waals surface area contributed by atoms with Gasteiger partial charge in [-0.3, -0.25) is 4.79 Å². The van der Waals surface area contributed by atoms with E-state index in [2.05, 4.69) is 17.4 Å². The molecule has 2 heterocycles. The van der Waals surface area contributed by atoms with E-state index in [9.17, 15) is 9.59 Å². The molecule has 1 aliphatic carbocycles. The molecular formula is C28H31NO5. The molecule has 6 nitrogen and oxygen atoms in total. The average molecular weight is 462 g/mol. The van der Waals surface area contributed by atoms with Gasteiger partial charge in [-0.05, 0) is 69.6 Å². The van der Waals surface area contributed by atoms with Gasteiger partial charge in [0, 0.05) is 11.6 Å². The normalized spacial score (nSPS) is 18.5. The van der Waals surface area contributed by atoms with Crippen molar-refractivity contribution in [2.75, 3.05) is 7.11 Å². The first-order valence-electron chi connectivity index (χ1n) is 12.0. The average Bonchev–Trinajstić information content (AvgIpc) is 2.80. The van der Waals surface area contributed by atoms with Crippen LogP contribution in [0.4, 0.5) is 0 Å². The third kappa shape index (κ3) is 3.95. The van der Waals surface area contributed by atoms with Crippen molar-refractivity contribution in [2.45, 2.75) is 70.9 Å². The lowest BCUT2D eigenvalue weighted by Crippen LogP contribution is -2.33. The van der Waals surface area contributed by atoms with Gasteiger partial charge in [0.1, 0.15) is 22.7 Å². The zero-order valence-corrected chi connectivity index (χ0v) is 20.2. The Bertz CT molecular complexity index is 1340. The van der Waals surface area contributed by atoms with E-state index in [4.69, 9.17) is 13.9 Å². The number of amides is 1. The van der Waals surface area contributed by atoms with Crippen LogP contribution in [0.1, 0.15) is 67.0 Å². The summed E-state index contributed by atoms with van der Waals surface area (Å²) in [4.78, 5) is 26.1. The summed E-state index contributed by atoms with van der Waals surface area (Å²) in [6, 6.07) is 10.1. The van der Waals surface area contributed by atoms with Crippen LogP contribution in [-0.4, -0.2) is 18.6 Å². The minimum atomic E-state index is -0.482. The molecule has 0 unspecified atom stereocenters. The predicted octanol–water partition coefficient (Wildman–Crippen LogP) is 4.95. The van der Waals surface area contributed by atoms with Gasteiger partial charge in [-0.15, -0.1) is 0 Å². The first-order chi connectivity index (χ1) is 16.3. The smallest absolute Gasteiger partial charge is 0.340 e. The number of hydrogen-bond donors (Lipinski definition) is 1. The molecular weight excluding hydrogens is 430 g/mol. The van der Waals surface area contributed by atoms with Gasteiger partial charge in [-0.1, -0.05) is 24.3 Å². The van der Waals surface area contributed by atoms with Crippen molar-refractivity contribution in [2.24, 2.45) is 0 Å². The van der Waals surface area contributed by atoms with Crippen molar-refractivity contribution in [1.82, 2.24) is 5.32 Å². The number of fused-ring (bicyclic) bond motifs is 4. The summed E-state index contributed by atoms with van der Waals surface area (Å²) in [6.07, 6.45) is 4.47. The van der Waals surface area contributed by atoms with Crippen LogP contribution in [0.2, 0.25) is 0 Å². The van der Waals surface area contributed by atoms with Gasteiger partial charge in [-0.2, -0.15) is 0 Å². The molecule has 1 aromatic heterocycles. The Labute approximate surface area is 199 Å². The van der Waals surface area contributed by atoms with Crippen LogP contribution in [-0.2, 0) is 24.1 Å². The molecule has 2 aliphatic rings. The lowest BCUT2D eigenvalue weighted by Gasteiger charge is -2.33. The molecule has 1 aliphatic heterocycles. The zero-order valence-electron chi connectivity index (χ0n) is 20.2. The minimum Gasteiger partial charge on any atom is -0.496 e. The molecule has 1 N–H and O–H groups in total. The quantitative estimate of drug-likeness (QED) is 0.556. The second-order valence-electron chi connectivity index (χ2n) is 10.0. The van der Waals surface area contributed by atoms with Crippen molar-refractivity contribution in [3.8, 4) is 11.5 Å². The summed E-state index contributed by atoms with van der Waals surface area (Å²) < 4.78 is 17.6. The number of nitrogens with one attached hydrogen (secondary N) is 1. The molecule has 2 aromatic carbocycles. The lowest BCUT2D eigenvalue weighted by molar-refractivity contribution is -0.121. The van der Waals surface area contributed by atoms with Crippen LogP contribution in [0.3, 0.4) is 0 Å². The summed E-state index contributed by atoms with van der Waals surface area (Å²) in [7, 11) is 1.59. The Morgan fingerprint density at radius 1 is 1.24 bits per heavy atom. The number of ether oxygens (including phenoxy) is 2. The van der Waals surface area contributed by atoms with Gasteiger partial charge in [-0.25, -0.2) is 4.79 Å². The van der Waals surface area contributed by atoms with Crippen LogP contribution in [0.25, 0.3) is 11.0 Å². The van der Waals surface area contributed by atoms with E-state index in [1.54, 1.807) is 7.11 Å². The highest BCUT2D eigenvalue weighted by Gasteiger charge is 2.31. The summed E-state index contributed by atoms with van der Waals surface area (Å²) >= 11 is 0. The first-order valence-corrected chi connectivity index (χ1v) is 12.0. The molecule has 5 rings (SSSR count). The van der Waals surface area contributed by atoms with Crippen molar-refractivity contribution in [3.05, 3.63) is 68.6 Å². The van der Waals surface area contributed by atoms with Crippen molar-refractivity contribution >= 4 is 16.9 Å². The van der Waals surface area contributed by atoms with Crippen LogP contribution in [0, 0.1) is 6.92 Å². The van der Waals surface area contributed by atoms with E-state index in [1.165, 1.54) is 11.1 Å². The summed E-state index contributed by atoms with van der Waals surface area (Å²) in [5.74, 6) is 1.08. The third-order valence-electron chi connectivity index (χ3n) is 7.20. The SMILES string of the molecule is COc1cc2c(c3oc(=O)c(CC(=O)N[C@@H]4CCCc5ccccc54)c(C)c13)CCC(C)(C)O2. The molecule has 34 heavy (non-hydrogen) atoms. The van der Waals surface area contributed by atoms with Crippen LogP contribution in [0.15, 0.2) is 39.5 Å². The molecule has 0 spiro atoms. The largest absolute Gasteiger partial charge is 0.496 e. The molecule has 6 heteroatoms. The number of methoxy groups -OCH3 is 1. The standard InChI is InChI=1S/C28H31NO5/c1-16-20(14-24(30)29-21-11-7-9-17-8-5-6-10-18(17)21)27(31)33-26-19-12-13-28(2,3)34-22(19)15-23(32-4)25(16)26/h5-6,8,10,15,21H,7,9,11-14H2,1-4H3,(H,29,30)/t21-/m1/s1. The van der Waals surface area contributed by atoms with Gasteiger partial charge in [0.25, 0.3) is 0 Å². The first kappa shape index (κ1) is 22.5. The molecule has 3 aromatic rings. The number of carbonyl (C=O) groups excluding carboxylic acids is 1. The fraction of sp³-hybridized carbons (Fsp3) is 0.429. The highest BCUT2D eigenvalue weighted by molar-refractivity contribution is 5.93. The second-order valence-corrected chi connectivity index (χ2v) is 10.0. The maximum absolute atomic E-state index is 13.1. The predicted molar refractivity (Wildman–Crippen MR) is 131 cm³/mol. The molecule has 178 valence electrons. The van der Waals surface area contributed by atoms with Crippen LogP contribution < -0.4 is 20.4 Å². The molecule has 0 bridgehead atoms. The molecule has 0 radical (unpaired) electrons. The van der Waals surface area contributed by atoms with Gasteiger partial charge in [0.15, 0.2) is 0 Å². The Balaban J connectivity index is 1.49. The van der Waals surface area contributed by atoms with Crippen molar-refractivity contribution < 1.29 is 18.7 Å². The van der Waals surface area contributed by atoms with E-state index in [-0.39, 0.29) is 24.0 Å². The molecule has 0 saturated carbocycles. The van der Waals surface area contributed by atoms with E-state index in [1.807, 2.05) is 39.0 Å². The summed E-state index contributed by atoms with van der Waals surface area (Å²) in [5.41, 5.74) is 4.13. The number of carbonyl (C=O) groups is 1. The maximum atomic E-state index is 13.1. The molecule has 1 atom stereocenters. The Morgan fingerprint density at radius 2 is 2.03 bits per heavy atom. The van der Waals surface area contributed by atoms with Gasteiger partial charge < -0.3 is 19.2 Å². The highest BCUT2D eigenvalue weighted by atomic mass is 16.5. The Kier molecular flexibility index (Phi) is 5.62. The number of benzene rings is 2. The highest BCUT2D eigenvalue weighted by Crippen LogP contribution is 2.43. The fourth-order valence-corrected chi connectivity index (χ4v) is 5.36. The molecule has 1 amide bonds. The maximum Gasteiger partial charge on any atom is 0.340 e. The number of hydrogen-bond acceptors (Lipinski definition) is 5. The van der Waals surface area contributed by atoms with Crippen molar-refractivity contribution in [3.63, 3.8) is 0 Å². The monoisotopic (exact) mass is 461 g/mol. The summed E-state index contributed by atoms with van der Waals surface area (Å²) in [6.45, 7) is 5.95. The topological polar surface area (TPSA) is 77.8 Å². The van der Waals surface area contributed by atoms with Gasteiger partial charge >= 0.3 is 5.63 Å². The van der Waals surface area contributed by atoms with E-state index in [0.717, 1.165) is 48.6 Å². The number of rotatable bonds is 4. The zero-order chi connectivity index (χ0) is 24.0. The number of aryl methyl sites for hydroxylation is 3. The van der Waals surface area contributed by atoms with Crippen molar-refractivity contribution in [1.29, 1.82) is 0 Å². The molecule has 0 saturated heterocycles.